The van der Waals surface area contributed by atoms with Crippen LogP contribution >= 0.6 is 0 Å². The Balaban J connectivity index is 1.19. The SMILES string of the molecule is O=C(NCCCCN1CC[C@@H]2C(C1)c1cc(F)ccc1N2c1ccc(F)cc1)c1ccccc1. The van der Waals surface area contributed by atoms with E-state index >= 15 is 0 Å². The lowest BCUT2D eigenvalue weighted by molar-refractivity contribution is 0.0952. The summed E-state index contributed by atoms with van der Waals surface area (Å²) in [5.41, 5.74) is 3.69. The van der Waals surface area contributed by atoms with Crippen LogP contribution in [0.2, 0.25) is 0 Å². The van der Waals surface area contributed by atoms with Gasteiger partial charge in [0, 0.05) is 48.5 Å². The van der Waals surface area contributed by atoms with Gasteiger partial charge in [0.05, 0.1) is 0 Å². The molecule has 0 bridgehead atoms. The second-order valence-electron chi connectivity index (χ2n) is 9.14. The molecule has 0 spiro atoms. The minimum atomic E-state index is -0.256. The number of fused-ring (bicyclic) bond motifs is 3. The number of anilines is 2. The van der Waals surface area contributed by atoms with Gasteiger partial charge < -0.3 is 15.1 Å². The van der Waals surface area contributed by atoms with Crippen LogP contribution in [0.15, 0.2) is 72.8 Å². The Hall–Kier alpha value is -3.25. The van der Waals surface area contributed by atoms with Gasteiger partial charge in [-0.1, -0.05) is 18.2 Å². The average molecular weight is 462 g/mol. The van der Waals surface area contributed by atoms with Crippen LogP contribution in [0.4, 0.5) is 20.2 Å². The van der Waals surface area contributed by atoms with E-state index in [1.807, 2.05) is 36.4 Å². The summed E-state index contributed by atoms with van der Waals surface area (Å²) in [5.74, 6) is -0.299. The van der Waals surface area contributed by atoms with Crippen LogP contribution in [0, 0.1) is 11.6 Å². The molecule has 3 aromatic carbocycles. The molecule has 2 aliphatic rings. The monoisotopic (exact) mass is 461 g/mol. The molecule has 1 amide bonds. The fraction of sp³-hybridized carbons (Fsp3) is 0.321. The lowest BCUT2D eigenvalue weighted by Crippen LogP contribution is -2.45. The van der Waals surface area contributed by atoms with Crippen LogP contribution in [0.5, 0.6) is 0 Å². The molecule has 3 aromatic rings. The first-order valence-corrected chi connectivity index (χ1v) is 12.0. The molecule has 0 aromatic heterocycles. The summed E-state index contributed by atoms with van der Waals surface area (Å²) in [6, 6.07) is 21.1. The normalized spacial score (nSPS) is 19.5. The number of hydrogen-bond acceptors (Lipinski definition) is 3. The Bertz CT molecular complexity index is 1140. The highest BCUT2D eigenvalue weighted by atomic mass is 19.1. The Morgan fingerprint density at radius 1 is 0.941 bits per heavy atom. The van der Waals surface area contributed by atoms with Crippen LogP contribution in [0.25, 0.3) is 0 Å². The van der Waals surface area contributed by atoms with Gasteiger partial charge in [-0.25, -0.2) is 8.78 Å². The third kappa shape index (κ3) is 4.68. The highest BCUT2D eigenvalue weighted by Gasteiger charge is 2.42. The Kier molecular flexibility index (Phi) is 6.59. The number of halogens is 2. The first-order chi connectivity index (χ1) is 16.6. The smallest absolute Gasteiger partial charge is 0.251 e. The van der Waals surface area contributed by atoms with Gasteiger partial charge in [-0.2, -0.15) is 0 Å². The quantitative estimate of drug-likeness (QED) is 0.473. The number of hydrogen-bond donors (Lipinski definition) is 1. The zero-order chi connectivity index (χ0) is 23.5. The van der Waals surface area contributed by atoms with Crippen molar-refractivity contribution in [2.75, 3.05) is 31.1 Å². The maximum Gasteiger partial charge on any atom is 0.251 e. The van der Waals surface area contributed by atoms with Crippen molar-refractivity contribution in [3.63, 3.8) is 0 Å². The first-order valence-electron chi connectivity index (χ1n) is 12.0. The van der Waals surface area contributed by atoms with Gasteiger partial charge in [0.15, 0.2) is 0 Å². The van der Waals surface area contributed by atoms with Crippen LogP contribution in [-0.4, -0.2) is 43.0 Å². The van der Waals surface area contributed by atoms with Crippen molar-refractivity contribution in [3.8, 4) is 0 Å². The molecule has 1 unspecified atom stereocenters. The molecule has 1 fully saturated rings. The van der Waals surface area contributed by atoms with Crippen LogP contribution < -0.4 is 10.2 Å². The van der Waals surface area contributed by atoms with Crippen LogP contribution in [0.3, 0.4) is 0 Å². The maximum absolute atomic E-state index is 14.2. The summed E-state index contributed by atoms with van der Waals surface area (Å²) in [6.07, 6.45) is 2.86. The van der Waals surface area contributed by atoms with Gasteiger partial charge in [0.2, 0.25) is 0 Å². The average Bonchev–Trinajstić information content (AvgIpc) is 3.17. The number of rotatable bonds is 7. The van der Waals surface area contributed by atoms with Crippen molar-refractivity contribution < 1.29 is 13.6 Å². The number of piperidine rings is 1. The molecule has 1 saturated heterocycles. The summed E-state index contributed by atoms with van der Waals surface area (Å²) >= 11 is 0. The minimum absolute atomic E-state index is 0.0353. The number of nitrogens with zero attached hydrogens (tertiary/aromatic N) is 2. The van der Waals surface area contributed by atoms with Crippen molar-refractivity contribution in [1.82, 2.24) is 10.2 Å². The molecular weight excluding hydrogens is 432 g/mol. The van der Waals surface area contributed by atoms with Gasteiger partial charge >= 0.3 is 0 Å². The van der Waals surface area contributed by atoms with E-state index in [0.717, 1.165) is 55.8 Å². The summed E-state index contributed by atoms with van der Waals surface area (Å²) in [5, 5.41) is 2.99. The molecular formula is C28H29F2N3O. The molecule has 2 heterocycles. The topological polar surface area (TPSA) is 35.6 Å². The predicted octanol–water partition coefficient (Wildman–Crippen LogP) is 5.48. The lowest BCUT2D eigenvalue weighted by atomic mass is 9.89. The summed E-state index contributed by atoms with van der Waals surface area (Å²) in [7, 11) is 0. The third-order valence-corrected chi connectivity index (χ3v) is 6.97. The third-order valence-electron chi connectivity index (χ3n) is 6.97. The fourth-order valence-electron chi connectivity index (χ4n) is 5.33. The highest BCUT2D eigenvalue weighted by Crippen LogP contribution is 2.48. The van der Waals surface area contributed by atoms with E-state index in [9.17, 15) is 13.6 Å². The van der Waals surface area contributed by atoms with E-state index in [4.69, 9.17) is 0 Å². The summed E-state index contributed by atoms with van der Waals surface area (Å²) < 4.78 is 27.7. The van der Waals surface area contributed by atoms with Gasteiger partial charge in [-0.15, -0.1) is 0 Å². The van der Waals surface area contributed by atoms with Gasteiger partial charge in [-0.3, -0.25) is 4.79 Å². The molecule has 2 atom stereocenters. The van der Waals surface area contributed by atoms with Crippen molar-refractivity contribution >= 4 is 17.3 Å². The molecule has 0 aliphatic carbocycles. The van der Waals surface area contributed by atoms with Crippen molar-refractivity contribution in [1.29, 1.82) is 0 Å². The second-order valence-corrected chi connectivity index (χ2v) is 9.14. The largest absolute Gasteiger partial charge is 0.352 e. The van der Waals surface area contributed by atoms with Crippen LogP contribution in [-0.2, 0) is 0 Å². The lowest BCUT2D eigenvalue weighted by Gasteiger charge is -2.39. The van der Waals surface area contributed by atoms with E-state index in [0.29, 0.717) is 12.1 Å². The minimum Gasteiger partial charge on any atom is -0.352 e. The Morgan fingerprint density at radius 3 is 2.50 bits per heavy atom. The van der Waals surface area contributed by atoms with Gasteiger partial charge in [0.25, 0.3) is 5.91 Å². The van der Waals surface area contributed by atoms with Crippen LogP contribution in [0.1, 0.15) is 41.1 Å². The number of benzene rings is 3. The van der Waals surface area contributed by atoms with E-state index in [-0.39, 0.29) is 29.5 Å². The van der Waals surface area contributed by atoms with Crippen molar-refractivity contribution in [2.24, 2.45) is 0 Å². The second kappa shape index (κ2) is 9.94. The molecule has 2 aliphatic heterocycles. The van der Waals surface area contributed by atoms with E-state index < -0.39 is 0 Å². The number of likely N-dealkylation sites (tertiary alicyclic amines) is 1. The molecule has 176 valence electrons. The molecule has 34 heavy (non-hydrogen) atoms. The Labute approximate surface area is 199 Å². The maximum atomic E-state index is 14.2. The Morgan fingerprint density at radius 2 is 1.71 bits per heavy atom. The van der Waals surface area contributed by atoms with Gasteiger partial charge in [-0.05, 0) is 86.0 Å². The van der Waals surface area contributed by atoms with E-state index in [1.165, 1.54) is 18.2 Å². The molecule has 0 saturated carbocycles. The highest BCUT2D eigenvalue weighted by molar-refractivity contribution is 5.94. The number of unbranched alkanes of at least 4 members (excludes halogenated alkanes) is 1. The van der Waals surface area contributed by atoms with E-state index in [1.54, 1.807) is 18.2 Å². The van der Waals surface area contributed by atoms with E-state index in [2.05, 4.69) is 15.1 Å². The number of amides is 1. The molecule has 0 radical (unpaired) electrons. The number of carbonyl (C=O) groups is 1. The zero-order valence-electron chi connectivity index (χ0n) is 19.1. The number of carbonyl (C=O) groups excluding carboxylic acids is 1. The molecule has 6 heteroatoms. The van der Waals surface area contributed by atoms with Gasteiger partial charge in [0.1, 0.15) is 11.6 Å². The fourth-order valence-corrected chi connectivity index (χ4v) is 5.33. The standard InChI is InChI=1S/C28H29F2N3O/c29-21-8-11-23(12-9-21)33-26-13-10-22(30)18-24(26)25-19-32(17-14-27(25)33)16-5-4-15-31-28(34)20-6-2-1-3-7-20/h1-3,6-13,18,25,27H,4-5,14-17,19H2,(H,31,34)/t25?,27-/m1/s1. The van der Waals surface area contributed by atoms with Crippen molar-refractivity contribution in [2.45, 2.75) is 31.2 Å². The first kappa shape index (κ1) is 22.5. The predicted molar refractivity (Wildman–Crippen MR) is 131 cm³/mol. The summed E-state index contributed by atoms with van der Waals surface area (Å²) in [6.45, 7) is 3.44. The molecule has 1 N–H and O–H groups in total. The summed E-state index contributed by atoms with van der Waals surface area (Å²) in [4.78, 5) is 16.9. The molecule has 4 nitrogen and oxygen atoms in total. The zero-order valence-corrected chi connectivity index (χ0v) is 19.1. The molecule has 5 rings (SSSR count). The number of nitrogens with one attached hydrogen (secondary N) is 1. The van der Waals surface area contributed by atoms with Crippen molar-refractivity contribution in [3.05, 3.63) is 95.6 Å².